The normalized spacial score (nSPS) is 24.6. The third-order valence-electron chi connectivity index (χ3n) is 6.31. The third kappa shape index (κ3) is 3.61. The molecule has 4 rings (SSSR count). The van der Waals surface area contributed by atoms with Gasteiger partial charge >= 0.3 is 5.97 Å². The molecular formula is C23H28N2O4S. The predicted molar refractivity (Wildman–Crippen MR) is 116 cm³/mol. The van der Waals surface area contributed by atoms with E-state index in [-0.39, 0.29) is 17.0 Å². The molecule has 160 valence electrons. The van der Waals surface area contributed by atoms with Crippen LogP contribution in [0.2, 0.25) is 0 Å². The highest BCUT2D eigenvalue weighted by molar-refractivity contribution is 7.89. The number of fused-ring (bicyclic) bond motifs is 1. The lowest BCUT2D eigenvalue weighted by molar-refractivity contribution is -0.138. The van der Waals surface area contributed by atoms with Gasteiger partial charge in [0, 0.05) is 30.9 Å². The molecule has 1 unspecified atom stereocenters. The molecule has 0 bridgehead atoms. The first-order chi connectivity index (χ1) is 14.2. The van der Waals surface area contributed by atoms with E-state index in [1.807, 2.05) is 20.8 Å². The van der Waals surface area contributed by atoms with Crippen molar-refractivity contribution in [3.63, 3.8) is 0 Å². The van der Waals surface area contributed by atoms with Crippen LogP contribution < -0.4 is 4.90 Å². The van der Waals surface area contributed by atoms with Crippen LogP contribution in [0, 0.1) is 6.92 Å². The van der Waals surface area contributed by atoms with E-state index in [9.17, 15) is 18.3 Å². The van der Waals surface area contributed by atoms with Crippen molar-refractivity contribution < 1.29 is 18.3 Å². The van der Waals surface area contributed by atoms with Crippen LogP contribution in [0.15, 0.2) is 47.4 Å². The van der Waals surface area contributed by atoms with Gasteiger partial charge in [-0.15, -0.1) is 0 Å². The molecule has 6 nitrogen and oxygen atoms in total. The second-order valence-electron chi connectivity index (χ2n) is 8.56. The van der Waals surface area contributed by atoms with Crippen LogP contribution in [0.5, 0.6) is 0 Å². The zero-order valence-corrected chi connectivity index (χ0v) is 18.4. The van der Waals surface area contributed by atoms with Crippen LogP contribution in [0.3, 0.4) is 0 Å². The number of aliphatic carboxylic acids is 1. The number of nitrogens with zero attached hydrogens (tertiary/aromatic N) is 2. The van der Waals surface area contributed by atoms with Crippen molar-refractivity contribution in [2.24, 2.45) is 0 Å². The molecule has 0 amide bonds. The van der Waals surface area contributed by atoms with Gasteiger partial charge in [-0.3, -0.25) is 4.79 Å². The maximum atomic E-state index is 13.5. The van der Waals surface area contributed by atoms with Gasteiger partial charge in [-0.05, 0) is 69.0 Å². The van der Waals surface area contributed by atoms with E-state index >= 15 is 0 Å². The summed E-state index contributed by atoms with van der Waals surface area (Å²) in [6, 6.07) is 12.9. The lowest BCUT2D eigenvalue weighted by atomic mass is 10.0. The van der Waals surface area contributed by atoms with Gasteiger partial charge in [-0.25, -0.2) is 8.42 Å². The van der Waals surface area contributed by atoms with Gasteiger partial charge in [-0.1, -0.05) is 23.8 Å². The molecular weight excluding hydrogens is 400 g/mol. The van der Waals surface area contributed by atoms with E-state index in [2.05, 4.69) is 29.2 Å². The highest BCUT2D eigenvalue weighted by Gasteiger charge is 2.39. The Bertz CT molecular complexity index is 1050. The second kappa shape index (κ2) is 7.71. The van der Waals surface area contributed by atoms with Crippen molar-refractivity contribution in [2.45, 2.75) is 56.5 Å². The highest BCUT2D eigenvalue weighted by atomic mass is 32.2. The maximum Gasteiger partial charge on any atom is 0.310 e. The summed E-state index contributed by atoms with van der Waals surface area (Å²) in [5.74, 6) is -1.51. The van der Waals surface area contributed by atoms with Crippen molar-refractivity contribution in [3.05, 3.63) is 59.2 Å². The van der Waals surface area contributed by atoms with Gasteiger partial charge in [0.1, 0.15) is 0 Å². The summed E-state index contributed by atoms with van der Waals surface area (Å²) in [6.45, 7) is 7.12. The fourth-order valence-electron chi connectivity index (χ4n) is 4.87. The minimum atomic E-state index is -3.73. The topological polar surface area (TPSA) is 77.9 Å². The SMILES string of the molecule is Cc1ccc(N2C[C@@H](C)N(S(=O)(=O)c3ccc4c(c3)C(C(=O)O)CC4)[C@@H](C)C2)cc1. The monoisotopic (exact) mass is 428 g/mol. The van der Waals surface area contributed by atoms with Gasteiger partial charge in [0.05, 0.1) is 10.8 Å². The number of piperazine rings is 1. The van der Waals surface area contributed by atoms with E-state index in [4.69, 9.17) is 0 Å². The van der Waals surface area contributed by atoms with Gasteiger partial charge in [0.25, 0.3) is 0 Å². The molecule has 0 radical (unpaired) electrons. The minimum absolute atomic E-state index is 0.192. The van der Waals surface area contributed by atoms with Crippen LogP contribution in [0.25, 0.3) is 0 Å². The standard InChI is InChI=1S/C23H28N2O4S/c1-15-4-8-19(9-5-15)24-13-16(2)25(17(3)14-24)30(28,29)20-10-6-18-7-11-21(23(26)27)22(18)12-20/h4-6,8-10,12,16-17,21H,7,11,13-14H2,1-3H3,(H,26,27)/t16-,17+,21?. The zero-order chi connectivity index (χ0) is 21.6. The van der Waals surface area contributed by atoms with Crippen LogP contribution in [0.4, 0.5) is 5.69 Å². The molecule has 30 heavy (non-hydrogen) atoms. The number of carbonyl (C=O) groups is 1. The van der Waals surface area contributed by atoms with Gasteiger partial charge in [0.15, 0.2) is 0 Å². The Labute approximate surface area is 178 Å². The number of anilines is 1. The number of sulfonamides is 1. The van der Waals surface area contributed by atoms with Crippen LogP contribution in [-0.2, 0) is 21.2 Å². The first kappa shape index (κ1) is 20.9. The molecule has 1 fully saturated rings. The van der Waals surface area contributed by atoms with Crippen molar-refractivity contribution >= 4 is 21.7 Å². The average Bonchev–Trinajstić information content (AvgIpc) is 3.11. The van der Waals surface area contributed by atoms with Gasteiger partial charge in [0.2, 0.25) is 10.0 Å². The molecule has 3 atom stereocenters. The largest absolute Gasteiger partial charge is 0.481 e. The summed E-state index contributed by atoms with van der Waals surface area (Å²) < 4.78 is 28.7. The molecule has 1 saturated heterocycles. The summed E-state index contributed by atoms with van der Waals surface area (Å²) >= 11 is 0. The Morgan fingerprint density at radius 1 is 1.03 bits per heavy atom. The molecule has 1 aliphatic heterocycles. The number of carboxylic acids is 1. The van der Waals surface area contributed by atoms with Crippen molar-refractivity contribution in [2.75, 3.05) is 18.0 Å². The van der Waals surface area contributed by atoms with E-state index in [1.165, 1.54) is 5.56 Å². The molecule has 7 heteroatoms. The van der Waals surface area contributed by atoms with Gasteiger partial charge in [-0.2, -0.15) is 4.31 Å². The quantitative estimate of drug-likeness (QED) is 0.808. The average molecular weight is 429 g/mol. The van der Waals surface area contributed by atoms with Crippen molar-refractivity contribution in [1.82, 2.24) is 4.31 Å². The zero-order valence-electron chi connectivity index (χ0n) is 17.6. The van der Waals surface area contributed by atoms with E-state index in [0.29, 0.717) is 31.5 Å². The Kier molecular flexibility index (Phi) is 5.36. The predicted octanol–water partition coefficient (Wildman–Crippen LogP) is 3.40. The Morgan fingerprint density at radius 3 is 2.27 bits per heavy atom. The Balaban J connectivity index is 1.61. The fourth-order valence-corrected chi connectivity index (χ4v) is 6.71. The smallest absolute Gasteiger partial charge is 0.310 e. The lowest BCUT2D eigenvalue weighted by Gasteiger charge is -2.44. The maximum absolute atomic E-state index is 13.5. The van der Waals surface area contributed by atoms with Crippen LogP contribution in [0.1, 0.15) is 42.9 Å². The minimum Gasteiger partial charge on any atom is -0.481 e. The summed E-state index contributed by atoms with van der Waals surface area (Å²) in [5, 5.41) is 9.48. The molecule has 1 heterocycles. The number of rotatable bonds is 4. The molecule has 0 spiro atoms. The van der Waals surface area contributed by atoms with Crippen molar-refractivity contribution in [1.29, 1.82) is 0 Å². The van der Waals surface area contributed by atoms with Crippen LogP contribution in [-0.4, -0.2) is 49.0 Å². The van der Waals surface area contributed by atoms with E-state index < -0.39 is 21.9 Å². The molecule has 1 aliphatic carbocycles. The summed E-state index contributed by atoms with van der Waals surface area (Å²) in [4.78, 5) is 14.0. The number of hydrogen-bond donors (Lipinski definition) is 1. The molecule has 0 aromatic heterocycles. The number of aryl methyl sites for hydroxylation is 2. The molecule has 1 N–H and O–H groups in total. The summed E-state index contributed by atoms with van der Waals surface area (Å²) in [6.07, 6.45) is 1.20. The third-order valence-corrected chi connectivity index (χ3v) is 8.43. The van der Waals surface area contributed by atoms with Gasteiger partial charge < -0.3 is 10.0 Å². The first-order valence-corrected chi connectivity index (χ1v) is 11.8. The molecule has 2 aliphatic rings. The Morgan fingerprint density at radius 2 is 1.67 bits per heavy atom. The highest BCUT2D eigenvalue weighted by Crippen LogP contribution is 2.36. The molecule has 2 aromatic rings. The molecule has 0 saturated carbocycles. The number of carboxylic acid groups (broad SMARTS) is 1. The summed E-state index contributed by atoms with van der Waals surface area (Å²) in [5.41, 5.74) is 3.87. The number of hydrogen-bond acceptors (Lipinski definition) is 4. The van der Waals surface area contributed by atoms with E-state index in [1.54, 1.807) is 22.5 Å². The lowest BCUT2D eigenvalue weighted by Crippen LogP contribution is -2.58. The fraction of sp³-hybridized carbons (Fsp3) is 0.435. The van der Waals surface area contributed by atoms with E-state index in [0.717, 1.165) is 11.3 Å². The first-order valence-electron chi connectivity index (χ1n) is 10.4. The second-order valence-corrected chi connectivity index (χ2v) is 10.4. The Hall–Kier alpha value is -2.38. The summed E-state index contributed by atoms with van der Waals surface area (Å²) in [7, 11) is -3.73. The number of benzene rings is 2. The van der Waals surface area contributed by atoms with Crippen LogP contribution >= 0.6 is 0 Å². The van der Waals surface area contributed by atoms with Crippen molar-refractivity contribution in [3.8, 4) is 0 Å². The molecule has 2 aromatic carbocycles.